The lowest BCUT2D eigenvalue weighted by molar-refractivity contribution is 0.401. The molecule has 0 saturated carbocycles. The topological polar surface area (TPSA) is 40.5 Å². The van der Waals surface area contributed by atoms with Crippen LogP contribution < -0.4 is 0 Å². The van der Waals surface area contributed by atoms with E-state index in [9.17, 15) is 0 Å². The first-order valence-corrected chi connectivity index (χ1v) is 3.17. The maximum absolute atomic E-state index is 8.91. The second-order valence-electron chi connectivity index (χ2n) is 1.61. The largest absolute Gasteiger partial charge is 0.504 e. The summed E-state index contributed by atoms with van der Waals surface area (Å²) in [5.41, 5.74) is 0. The molecule has 1 aromatic rings. The number of hydrogen-bond donors (Lipinski definition) is 2. The zero-order valence-electron chi connectivity index (χ0n) is 5.08. The van der Waals surface area contributed by atoms with E-state index in [0.717, 1.165) is 0 Å². The Bertz CT molecular complexity index is 207. The summed E-state index contributed by atoms with van der Waals surface area (Å²) in [4.78, 5) is 0. The van der Waals surface area contributed by atoms with Crippen LogP contribution in [0.3, 0.4) is 0 Å². The van der Waals surface area contributed by atoms with Gasteiger partial charge in [0.2, 0.25) is 0 Å². The van der Waals surface area contributed by atoms with E-state index in [4.69, 9.17) is 10.2 Å². The molecular weight excluding hydrogens is 195 g/mol. The van der Waals surface area contributed by atoms with Crippen molar-refractivity contribution in [3.63, 3.8) is 0 Å². The van der Waals surface area contributed by atoms with Crippen LogP contribution in [0.5, 0.6) is 11.5 Å². The Morgan fingerprint density at radius 3 is 2.20 bits per heavy atom. The molecular formula is C6H5BBrO2. The molecule has 0 fully saturated rings. The number of hydrogen-bond acceptors (Lipinski definition) is 2. The second kappa shape index (κ2) is 3.51. The van der Waals surface area contributed by atoms with Gasteiger partial charge in [0.15, 0.2) is 11.5 Å². The third-order valence-electron chi connectivity index (χ3n) is 0.965. The summed E-state index contributed by atoms with van der Waals surface area (Å²) in [6.07, 6.45) is 0. The van der Waals surface area contributed by atoms with Crippen LogP contribution in [0.15, 0.2) is 22.7 Å². The van der Waals surface area contributed by atoms with Crippen molar-refractivity contribution in [2.75, 3.05) is 0 Å². The smallest absolute Gasteiger partial charge is 0.171 e. The third kappa shape index (κ3) is 1.67. The third-order valence-corrected chi connectivity index (χ3v) is 1.61. The number of aromatic hydroxyl groups is 2. The van der Waals surface area contributed by atoms with E-state index in [0.29, 0.717) is 4.47 Å². The molecule has 0 aliphatic carbocycles. The lowest BCUT2D eigenvalue weighted by Gasteiger charge is -1.96. The van der Waals surface area contributed by atoms with Crippen molar-refractivity contribution >= 4 is 24.3 Å². The second-order valence-corrected chi connectivity index (χ2v) is 2.46. The van der Waals surface area contributed by atoms with Gasteiger partial charge in [0.1, 0.15) is 0 Å². The minimum atomic E-state index is -0.113. The van der Waals surface area contributed by atoms with E-state index in [1.165, 1.54) is 6.07 Å². The van der Waals surface area contributed by atoms with Crippen LogP contribution >= 0.6 is 15.9 Å². The number of rotatable bonds is 0. The molecule has 2 nitrogen and oxygen atoms in total. The van der Waals surface area contributed by atoms with Crippen molar-refractivity contribution in [2.45, 2.75) is 0 Å². The summed E-state index contributed by atoms with van der Waals surface area (Å²) < 4.78 is 0.502. The number of phenols is 2. The van der Waals surface area contributed by atoms with Crippen LogP contribution in [0.2, 0.25) is 0 Å². The normalized spacial score (nSPS) is 8.50. The van der Waals surface area contributed by atoms with Gasteiger partial charge in [-0.3, -0.25) is 0 Å². The van der Waals surface area contributed by atoms with Gasteiger partial charge in [-0.25, -0.2) is 0 Å². The highest BCUT2D eigenvalue weighted by Gasteiger charge is 1.99. The van der Waals surface area contributed by atoms with Crippen LogP contribution in [0.25, 0.3) is 0 Å². The van der Waals surface area contributed by atoms with Crippen molar-refractivity contribution in [1.29, 1.82) is 0 Å². The zero-order valence-corrected chi connectivity index (χ0v) is 6.67. The van der Waals surface area contributed by atoms with Crippen molar-refractivity contribution in [3.05, 3.63) is 22.7 Å². The first kappa shape index (κ1) is 9.36. The van der Waals surface area contributed by atoms with Crippen LogP contribution in [0.4, 0.5) is 0 Å². The zero-order chi connectivity index (χ0) is 6.85. The average molecular weight is 200 g/mol. The summed E-state index contributed by atoms with van der Waals surface area (Å²) in [6.45, 7) is 0. The van der Waals surface area contributed by atoms with E-state index in [1.807, 2.05) is 0 Å². The Balaban J connectivity index is 0.000000810. The summed E-state index contributed by atoms with van der Waals surface area (Å²) in [5, 5.41) is 17.7. The van der Waals surface area contributed by atoms with Crippen LogP contribution in [0, 0.1) is 0 Å². The monoisotopic (exact) mass is 199 g/mol. The lowest BCUT2D eigenvalue weighted by Crippen LogP contribution is -1.68. The summed E-state index contributed by atoms with van der Waals surface area (Å²) in [6, 6.07) is 4.70. The lowest BCUT2D eigenvalue weighted by atomic mass is 10.3. The van der Waals surface area contributed by atoms with Gasteiger partial charge in [-0.15, -0.1) is 0 Å². The fourth-order valence-corrected chi connectivity index (χ4v) is 0.860. The Morgan fingerprint density at radius 2 is 1.80 bits per heavy atom. The Hall–Kier alpha value is -0.635. The molecule has 1 rings (SSSR count). The number of para-hydroxylation sites is 1. The van der Waals surface area contributed by atoms with Crippen molar-refractivity contribution < 1.29 is 10.2 Å². The van der Waals surface area contributed by atoms with Gasteiger partial charge in [-0.2, -0.15) is 0 Å². The van der Waals surface area contributed by atoms with Gasteiger partial charge in [0.25, 0.3) is 0 Å². The molecule has 10 heavy (non-hydrogen) atoms. The Labute approximate surface area is 69.2 Å². The molecule has 0 saturated heterocycles. The molecule has 0 bridgehead atoms. The van der Waals surface area contributed by atoms with Gasteiger partial charge in [0.05, 0.1) is 4.47 Å². The highest BCUT2D eigenvalue weighted by Crippen LogP contribution is 2.31. The maximum Gasteiger partial charge on any atom is 0.171 e. The van der Waals surface area contributed by atoms with E-state index >= 15 is 0 Å². The molecule has 0 atom stereocenters. The molecule has 0 amide bonds. The van der Waals surface area contributed by atoms with Gasteiger partial charge in [0, 0.05) is 8.41 Å². The van der Waals surface area contributed by atoms with E-state index < -0.39 is 0 Å². The predicted molar refractivity (Wildman–Crippen MR) is 43.2 cm³/mol. The van der Waals surface area contributed by atoms with E-state index in [1.54, 1.807) is 12.1 Å². The summed E-state index contributed by atoms with van der Waals surface area (Å²) in [5.74, 6) is -0.220. The van der Waals surface area contributed by atoms with E-state index in [-0.39, 0.29) is 19.9 Å². The molecule has 0 unspecified atom stereocenters. The maximum atomic E-state index is 8.91. The molecule has 0 spiro atoms. The first-order chi connectivity index (χ1) is 4.22. The highest BCUT2D eigenvalue weighted by molar-refractivity contribution is 9.10. The fraction of sp³-hybridized carbons (Fsp3) is 0. The van der Waals surface area contributed by atoms with Crippen molar-refractivity contribution in [3.8, 4) is 11.5 Å². The Kier molecular flexibility index (Phi) is 3.29. The standard InChI is InChI=1S/C6H5BrO2.B/c7-4-2-1-3-5(8)6(4)9;/h1-3,8-9H;. The molecule has 51 valence electrons. The number of halogens is 1. The molecule has 2 N–H and O–H groups in total. The minimum Gasteiger partial charge on any atom is -0.504 e. The summed E-state index contributed by atoms with van der Waals surface area (Å²) in [7, 11) is 0. The van der Waals surface area contributed by atoms with Crippen LogP contribution in [-0.2, 0) is 0 Å². The minimum absolute atomic E-state index is 0. The summed E-state index contributed by atoms with van der Waals surface area (Å²) >= 11 is 3.04. The number of benzene rings is 1. The fourth-order valence-electron chi connectivity index (χ4n) is 0.504. The molecule has 1 aromatic carbocycles. The van der Waals surface area contributed by atoms with Gasteiger partial charge in [-0.1, -0.05) is 6.07 Å². The predicted octanol–water partition coefficient (Wildman–Crippen LogP) is 1.48. The van der Waals surface area contributed by atoms with Gasteiger partial charge < -0.3 is 10.2 Å². The molecule has 0 aliphatic heterocycles. The molecule has 0 aromatic heterocycles. The first-order valence-electron chi connectivity index (χ1n) is 2.38. The quantitative estimate of drug-likeness (QED) is 0.491. The van der Waals surface area contributed by atoms with Gasteiger partial charge in [-0.05, 0) is 28.1 Å². The van der Waals surface area contributed by atoms with Crippen LogP contribution in [-0.4, -0.2) is 18.6 Å². The van der Waals surface area contributed by atoms with Crippen molar-refractivity contribution in [2.24, 2.45) is 0 Å². The average Bonchev–Trinajstić information content (AvgIpc) is 1.83. The number of phenolic OH excluding ortho intramolecular Hbond substituents is 2. The molecule has 0 heterocycles. The molecule has 3 radical (unpaired) electrons. The molecule has 0 aliphatic rings. The molecule has 4 heteroatoms. The van der Waals surface area contributed by atoms with Crippen molar-refractivity contribution in [1.82, 2.24) is 0 Å². The SMILES string of the molecule is Oc1cccc(Br)c1O.[B]. The Morgan fingerprint density at radius 1 is 1.20 bits per heavy atom. The highest BCUT2D eigenvalue weighted by atomic mass is 79.9. The van der Waals surface area contributed by atoms with Gasteiger partial charge >= 0.3 is 0 Å². The van der Waals surface area contributed by atoms with Crippen LogP contribution in [0.1, 0.15) is 0 Å². The van der Waals surface area contributed by atoms with E-state index in [2.05, 4.69) is 15.9 Å².